The first-order valence-electron chi connectivity index (χ1n) is 7.41. The summed E-state index contributed by atoms with van der Waals surface area (Å²) in [6.07, 6.45) is 4.60. The Morgan fingerprint density at radius 2 is 2.25 bits per heavy atom. The van der Waals surface area contributed by atoms with Gasteiger partial charge in [0, 0.05) is 18.3 Å². The van der Waals surface area contributed by atoms with Gasteiger partial charge in [-0.15, -0.1) is 0 Å². The molecule has 0 amide bonds. The molecule has 0 saturated carbocycles. The number of hydrogen-bond acceptors (Lipinski definition) is 3. The van der Waals surface area contributed by atoms with E-state index in [1.54, 1.807) is 12.1 Å². The molecule has 20 heavy (non-hydrogen) atoms. The zero-order chi connectivity index (χ0) is 14.4. The van der Waals surface area contributed by atoms with E-state index in [4.69, 9.17) is 5.26 Å². The second-order valence-corrected chi connectivity index (χ2v) is 5.42. The zero-order valence-corrected chi connectivity index (χ0v) is 12.0. The minimum Gasteiger partial charge on any atom is -0.382 e. The number of likely N-dealkylation sites (tertiary alicyclic amines) is 1. The monoisotopic (exact) mass is 275 g/mol. The summed E-state index contributed by atoms with van der Waals surface area (Å²) in [6.45, 7) is 5.65. The van der Waals surface area contributed by atoms with E-state index < -0.39 is 5.82 Å². The van der Waals surface area contributed by atoms with Gasteiger partial charge in [-0.1, -0.05) is 6.92 Å². The van der Waals surface area contributed by atoms with Crippen LogP contribution < -0.4 is 5.32 Å². The van der Waals surface area contributed by atoms with Crippen molar-refractivity contribution in [2.45, 2.75) is 38.6 Å². The number of nitrogens with zero attached hydrogens (tertiary/aromatic N) is 2. The predicted molar refractivity (Wildman–Crippen MR) is 79.1 cm³/mol. The summed E-state index contributed by atoms with van der Waals surface area (Å²) in [5, 5.41) is 12.3. The highest BCUT2D eigenvalue weighted by Gasteiger charge is 2.16. The van der Waals surface area contributed by atoms with E-state index >= 15 is 0 Å². The van der Waals surface area contributed by atoms with Crippen molar-refractivity contribution in [1.29, 1.82) is 5.26 Å². The largest absolute Gasteiger partial charge is 0.382 e. The lowest BCUT2D eigenvalue weighted by Crippen LogP contribution is -2.27. The normalized spacial score (nSPS) is 20.1. The van der Waals surface area contributed by atoms with E-state index in [1.807, 2.05) is 6.07 Å². The molecule has 108 valence electrons. The maximum Gasteiger partial charge on any atom is 0.141 e. The molecule has 1 aliphatic rings. The molecule has 1 N–H and O–H groups in total. The number of halogens is 1. The lowest BCUT2D eigenvalue weighted by Gasteiger charge is -2.20. The predicted octanol–water partition coefficient (Wildman–Crippen LogP) is 3.37. The second-order valence-electron chi connectivity index (χ2n) is 5.42. The van der Waals surface area contributed by atoms with Gasteiger partial charge in [-0.2, -0.15) is 5.26 Å². The van der Waals surface area contributed by atoms with Gasteiger partial charge in [0.05, 0.1) is 5.56 Å². The highest BCUT2D eigenvalue weighted by Crippen LogP contribution is 2.19. The van der Waals surface area contributed by atoms with Gasteiger partial charge in [-0.3, -0.25) is 0 Å². The van der Waals surface area contributed by atoms with Gasteiger partial charge in [0.25, 0.3) is 0 Å². The Kier molecular flexibility index (Phi) is 5.37. The maximum atomic E-state index is 13.3. The van der Waals surface area contributed by atoms with Crippen LogP contribution in [0.3, 0.4) is 0 Å². The van der Waals surface area contributed by atoms with E-state index in [1.165, 1.54) is 32.0 Å². The van der Waals surface area contributed by atoms with Crippen LogP contribution >= 0.6 is 0 Å². The number of hydrogen-bond donors (Lipinski definition) is 1. The van der Waals surface area contributed by atoms with Crippen molar-refractivity contribution in [3.8, 4) is 6.07 Å². The minimum absolute atomic E-state index is 0.108. The summed E-state index contributed by atoms with van der Waals surface area (Å²) < 4.78 is 13.3. The number of nitriles is 1. The molecule has 1 aromatic carbocycles. The summed E-state index contributed by atoms with van der Waals surface area (Å²) >= 11 is 0. The topological polar surface area (TPSA) is 39.1 Å². The van der Waals surface area contributed by atoms with Crippen LogP contribution in [0.25, 0.3) is 0 Å². The molecule has 0 spiro atoms. The summed E-state index contributed by atoms with van der Waals surface area (Å²) in [5.41, 5.74) is 0.952. The molecular weight excluding hydrogens is 253 g/mol. The molecule has 0 aliphatic carbocycles. The number of anilines is 1. The highest BCUT2D eigenvalue weighted by atomic mass is 19.1. The van der Waals surface area contributed by atoms with Crippen molar-refractivity contribution in [1.82, 2.24) is 4.90 Å². The Hall–Kier alpha value is -1.60. The number of benzene rings is 1. The van der Waals surface area contributed by atoms with Crippen LogP contribution in [-0.4, -0.2) is 30.6 Å². The van der Waals surface area contributed by atoms with Crippen molar-refractivity contribution in [3.63, 3.8) is 0 Å². The first kappa shape index (κ1) is 14.8. The van der Waals surface area contributed by atoms with Crippen molar-refractivity contribution in [2.75, 3.05) is 25.0 Å². The molecule has 1 aliphatic heterocycles. The molecule has 1 heterocycles. The van der Waals surface area contributed by atoms with Crippen LogP contribution in [0.2, 0.25) is 0 Å². The van der Waals surface area contributed by atoms with Gasteiger partial charge >= 0.3 is 0 Å². The van der Waals surface area contributed by atoms with Crippen molar-refractivity contribution in [2.24, 2.45) is 0 Å². The smallest absolute Gasteiger partial charge is 0.141 e. The quantitative estimate of drug-likeness (QED) is 0.915. The lowest BCUT2D eigenvalue weighted by atomic mass is 10.1. The molecule has 4 heteroatoms. The van der Waals surface area contributed by atoms with Gasteiger partial charge in [-0.05, 0) is 57.0 Å². The summed E-state index contributed by atoms with van der Waals surface area (Å²) in [5.74, 6) is -0.451. The standard InChI is InChI=1S/C16H22FN3/c1-2-8-20-9-3-4-14(7-10-20)19-15-5-6-16(17)13(11-15)12-18/h5-6,11,14,19H,2-4,7-10H2,1H3. The zero-order valence-electron chi connectivity index (χ0n) is 12.0. The lowest BCUT2D eigenvalue weighted by molar-refractivity contribution is 0.285. The average Bonchev–Trinajstić information content (AvgIpc) is 2.67. The van der Waals surface area contributed by atoms with E-state index in [-0.39, 0.29) is 5.56 Å². The van der Waals surface area contributed by atoms with Gasteiger partial charge in [0.2, 0.25) is 0 Å². The summed E-state index contributed by atoms with van der Waals surface area (Å²) in [6, 6.07) is 6.97. The number of nitrogens with one attached hydrogen (secondary N) is 1. The Labute approximate surface area is 120 Å². The Balaban J connectivity index is 1.95. The van der Waals surface area contributed by atoms with E-state index in [0.29, 0.717) is 6.04 Å². The first-order chi connectivity index (χ1) is 9.72. The molecule has 3 nitrogen and oxygen atoms in total. The molecule has 1 saturated heterocycles. The third-order valence-corrected chi connectivity index (χ3v) is 3.82. The SMILES string of the molecule is CCCN1CCCC(Nc2ccc(F)c(C#N)c2)CC1. The van der Waals surface area contributed by atoms with Crippen LogP contribution in [0, 0.1) is 17.1 Å². The van der Waals surface area contributed by atoms with E-state index in [9.17, 15) is 4.39 Å². The summed E-state index contributed by atoms with van der Waals surface area (Å²) in [4.78, 5) is 2.51. The van der Waals surface area contributed by atoms with Crippen molar-refractivity contribution < 1.29 is 4.39 Å². The van der Waals surface area contributed by atoms with Crippen molar-refractivity contribution >= 4 is 5.69 Å². The molecule has 0 radical (unpaired) electrons. The van der Waals surface area contributed by atoms with Crippen LogP contribution in [0.4, 0.5) is 10.1 Å². The van der Waals surface area contributed by atoms with E-state index in [2.05, 4.69) is 17.1 Å². The first-order valence-corrected chi connectivity index (χ1v) is 7.41. The fourth-order valence-electron chi connectivity index (χ4n) is 2.78. The minimum atomic E-state index is -0.451. The molecule has 1 fully saturated rings. The average molecular weight is 275 g/mol. The van der Waals surface area contributed by atoms with Crippen LogP contribution in [0.15, 0.2) is 18.2 Å². The van der Waals surface area contributed by atoms with Gasteiger partial charge in [-0.25, -0.2) is 4.39 Å². The highest BCUT2D eigenvalue weighted by molar-refractivity contribution is 5.50. The molecule has 1 atom stereocenters. The Morgan fingerprint density at radius 1 is 1.40 bits per heavy atom. The molecular formula is C16H22FN3. The molecule has 1 aromatic rings. The van der Waals surface area contributed by atoms with Gasteiger partial charge in [0.15, 0.2) is 0 Å². The fourth-order valence-corrected chi connectivity index (χ4v) is 2.78. The second kappa shape index (κ2) is 7.25. The number of rotatable bonds is 4. The summed E-state index contributed by atoms with van der Waals surface area (Å²) in [7, 11) is 0. The third-order valence-electron chi connectivity index (χ3n) is 3.82. The maximum absolute atomic E-state index is 13.3. The fraction of sp³-hybridized carbons (Fsp3) is 0.562. The van der Waals surface area contributed by atoms with Gasteiger partial charge in [0.1, 0.15) is 11.9 Å². The molecule has 0 aromatic heterocycles. The van der Waals surface area contributed by atoms with Crippen molar-refractivity contribution in [3.05, 3.63) is 29.6 Å². The molecule has 1 unspecified atom stereocenters. The van der Waals surface area contributed by atoms with E-state index in [0.717, 1.165) is 25.1 Å². The van der Waals surface area contributed by atoms with Crippen LogP contribution in [0.5, 0.6) is 0 Å². The van der Waals surface area contributed by atoms with Crippen LogP contribution in [0.1, 0.15) is 38.2 Å². The molecule has 2 rings (SSSR count). The Bertz CT molecular complexity index is 481. The van der Waals surface area contributed by atoms with Crippen LogP contribution in [-0.2, 0) is 0 Å². The van der Waals surface area contributed by atoms with Gasteiger partial charge < -0.3 is 10.2 Å². The Morgan fingerprint density at radius 3 is 3.00 bits per heavy atom. The molecule has 0 bridgehead atoms. The third kappa shape index (κ3) is 3.94.